The molecule has 0 saturated carbocycles. The van der Waals surface area contributed by atoms with Crippen LogP contribution in [0.4, 0.5) is 5.69 Å². The predicted octanol–water partition coefficient (Wildman–Crippen LogP) is 3.07. The van der Waals surface area contributed by atoms with Crippen molar-refractivity contribution in [1.29, 1.82) is 0 Å². The molecule has 9 nitrogen and oxygen atoms in total. The Morgan fingerprint density at radius 2 is 1.50 bits per heavy atom. The van der Waals surface area contributed by atoms with E-state index in [-0.39, 0.29) is 0 Å². The van der Waals surface area contributed by atoms with Crippen LogP contribution in [-0.2, 0) is 20.1 Å². The van der Waals surface area contributed by atoms with E-state index >= 15 is 0 Å². The number of halogens is 1. The Morgan fingerprint density at radius 3 is 2.06 bits per heavy atom. The Hall–Kier alpha value is -2.02. The summed E-state index contributed by atoms with van der Waals surface area (Å²) in [4.78, 5) is 8.94. The van der Waals surface area contributed by atoms with Crippen molar-refractivity contribution in [2.45, 2.75) is 12.8 Å². The zero-order valence-electron chi connectivity index (χ0n) is 20.3. The van der Waals surface area contributed by atoms with E-state index in [1.165, 1.54) is 23.9 Å². The summed E-state index contributed by atoms with van der Waals surface area (Å²) in [7, 11) is -7.07. The monoisotopic (exact) mass is 556 g/mol. The van der Waals surface area contributed by atoms with Crippen molar-refractivity contribution < 1.29 is 21.4 Å². The van der Waals surface area contributed by atoms with Gasteiger partial charge in [0.1, 0.15) is 0 Å². The number of rotatable bonds is 6. The standard InChI is InChI=1S/C23H29ClN4O2S.CH4O3S/c24-22-3-1-20(2-4-22)9-18-31(29,30)28-16-14-26(15-17-28)19-21-7-12-27(13-8-21)23-5-10-25-11-6-23;1-5(2,3)4/h1-6,9-11,18,21H,7-8,12-17,19H2;1H3,(H,2,3,4)/b18-9+;. The van der Waals surface area contributed by atoms with Crippen LogP contribution in [0.2, 0.25) is 5.02 Å². The summed E-state index contributed by atoms with van der Waals surface area (Å²) in [5, 5.41) is 1.94. The molecule has 0 radical (unpaired) electrons. The number of nitrogens with zero attached hydrogens (tertiary/aromatic N) is 4. The van der Waals surface area contributed by atoms with Gasteiger partial charge < -0.3 is 9.80 Å². The van der Waals surface area contributed by atoms with Crippen LogP contribution in [0.15, 0.2) is 54.2 Å². The lowest BCUT2D eigenvalue weighted by molar-refractivity contribution is 0.156. The SMILES string of the molecule is CS(=O)(=O)O.O=S(=O)(/C=C/c1ccc(Cl)cc1)N1CCN(CC2CCN(c3ccncc3)CC2)CC1. The largest absolute Gasteiger partial charge is 0.371 e. The van der Waals surface area contributed by atoms with E-state index in [9.17, 15) is 16.8 Å². The minimum atomic E-state index is -3.67. The first-order valence-corrected chi connectivity index (χ1v) is 15.5. The molecule has 2 saturated heterocycles. The van der Waals surface area contributed by atoms with E-state index in [1.54, 1.807) is 22.5 Å². The molecule has 1 N–H and O–H groups in total. The van der Waals surface area contributed by atoms with Crippen LogP contribution in [-0.4, -0.2) is 87.6 Å². The fourth-order valence-corrected chi connectivity index (χ4v) is 5.58. The summed E-state index contributed by atoms with van der Waals surface area (Å²) in [5.41, 5.74) is 2.07. The van der Waals surface area contributed by atoms with Crippen molar-refractivity contribution >= 4 is 43.5 Å². The first-order chi connectivity index (χ1) is 17.0. The molecule has 2 aliphatic rings. The normalized spacial score (nSPS) is 18.7. The summed E-state index contributed by atoms with van der Waals surface area (Å²) in [6, 6.07) is 11.3. The molecule has 0 amide bonds. The summed E-state index contributed by atoms with van der Waals surface area (Å²) in [6.07, 6.45) is 8.39. The number of piperazine rings is 1. The van der Waals surface area contributed by atoms with E-state index in [0.717, 1.165) is 38.3 Å². The molecule has 0 bridgehead atoms. The first-order valence-electron chi connectivity index (χ1n) is 11.7. The Balaban J connectivity index is 0.000000658. The van der Waals surface area contributed by atoms with Crippen LogP contribution in [0.25, 0.3) is 6.08 Å². The van der Waals surface area contributed by atoms with Gasteiger partial charge in [-0.25, -0.2) is 8.42 Å². The third kappa shape index (κ3) is 9.79. The van der Waals surface area contributed by atoms with Crippen LogP contribution in [0.1, 0.15) is 18.4 Å². The van der Waals surface area contributed by atoms with Crippen molar-refractivity contribution in [2.24, 2.45) is 5.92 Å². The van der Waals surface area contributed by atoms with Gasteiger partial charge in [0.05, 0.1) is 6.26 Å². The molecule has 2 aromatic rings. The number of benzene rings is 1. The number of aromatic nitrogens is 1. The van der Waals surface area contributed by atoms with Gasteiger partial charge in [0.2, 0.25) is 10.0 Å². The predicted molar refractivity (Wildman–Crippen MR) is 144 cm³/mol. The Bertz CT molecular complexity index is 1180. The van der Waals surface area contributed by atoms with Crippen LogP contribution in [0, 0.1) is 5.92 Å². The van der Waals surface area contributed by atoms with Crippen LogP contribution < -0.4 is 4.90 Å². The number of hydrogen-bond donors (Lipinski definition) is 1. The molecule has 1 aromatic carbocycles. The number of piperidine rings is 1. The molecule has 0 spiro atoms. The van der Waals surface area contributed by atoms with Gasteiger partial charge in [0.15, 0.2) is 0 Å². The number of sulfonamides is 1. The van der Waals surface area contributed by atoms with E-state index in [4.69, 9.17) is 16.2 Å². The average molecular weight is 557 g/mol. The average Bonchev–Trinajstić information content (AvgIpc) is 2.84. The molecule has 12 heteroatoms. The summed E-state index contributed by atoms with van der Waals surface area (Å²) >= 11 is 5.88. The summed E-state index contributed by atoms with van der Waals surface area (Å²) in [5.74, 6) is 0.672. The van der Waals surface area contributed by atoms with Crippen molar-refractivity contribution in [3.05, 3.63) is 64.8 Å². The van der Waals surface area contributed by atoms with Crippen molar-refractivity contribution in [3.8, 4) is 0 Å². The fourth-order valence-electron chi connectivity index (χ4n) is 4.28. The minimum Gasteiger partial charge on any atom is -0.371 e. The second kappa shape index (κ2) is 13.0. The zero-order chi connectivity index (χ0) is 26.2. The molecule has 2 fully saturated rings. The van der Waals surface area contributed by atoms with Gasteiger partial charge in [0.25, 0.3) is 10.1 Å². The lowest BCUT2D eigenvalue weighted by Crippen LogP contribution is -2.50. The van der Waals surface area contributed by atoms with Gasteiger partial charge in [-0.3, -0.25) is 9.54 Å². The lowest BCUT2D eigenvalue weighted by Gasteiger charge is -2.38. The molecule has 0 aliphatic carbocycles. The highest BCUT2D eigenvalue weighted by Gasteiger charge is 2.27. The number of hydrogen-bond acceptors (Lipinski definition) is 7. The number of pyridine rings is 1. The maximum atomic E-state index is 12.7. The van der Waals surface area contributed by atoms with Crippen molar-refractivity contribution in [2.75, 3.05) is 57.0 Å². The summed E-state index contributed by atoms with van der Waals surface area (Å²) in [6.45, 7) is 5.86. The van der Waals surface area contributed by atoms with Gasteiger partial charge in [-0.05, 0) is 54.7 Å². The van der Waals surface area contributed by atoms with E-state index in [2.05, 4.69) is 26.9 Å². The zero-order valence-corrected chi connectivity index (χ0v) is 22.7. The maximum Gasteiger partial charge on any atom is 0.261 e. The quantitative estimate of drug-likeness (QED) is 0.540. The van der Waals surface area contributed by atoms with Gasteiger partial charge in [-0.15, -0.1) is 0 Å². The topological polar surface area (TPSA) is 111 Å². The van der Waals surface area contributed by atoms with Gasteiger partial charge >= 0.3 is 0 Å². The van der Waals surface area contributed by atoms with Gasteiger partial charge in [0, 0.05) is 74.3 Å². The first kappa shape index (κ1) is 28.5. The molecule has 3 heterocycles. The van der Waals surface area contributed by atoms with Crippen LogP contribution >= 0.6 is 11.6 Å². The Labute approximate surface area is 219 Å². The van der Waals surface area contributed by atoms with Gasteiger partial charge in [-0.2, -0.15) is 12.7 Å². The minimum absolute atomic E-state index is 0.545. The molecule has 0 atom stereocenters. The van der Waals surface area contributed by atoms with Crippen molar-refractivity contribution in [3.63, 3.8) is 0 Å². The third-order valence-corrected chi connectivity index (χ3v) is 7.97. The number of anilines is 1. The highest BCUT2D eigenvalue weighted by molar-refractivity contribution is 7.92. The van der Waals surface area contributed by atoms with Crippen LogP contribution in [0.5, 0.6) is 0 Å². The highest BCUT2D eigenvalue weighted by atomic mass is 35.5. The van der Waals surface area contributed by atoms with Gasteiger partial charge in [-0.1, -0.05) is 23.7 Å². The molecular formula is C24H33ClN4O5S2. The van der Waals surface area contributed by atoms with E-state index < -0.39 is 20.1 Å². The highest BCUT2D eigenvalue weighted by Crippen LogP contribution is 2.24. The second-order valence-corrected chi connectivity index (χ2v) is 12.7. The fraction of sp³-hybridized carbons (Fsp3) is 0.458. The molecule has 1 aromatic heterocycles. The smallest absolute Gasteiger partial charge is 0.261 e. The van der Waals surface area contributed by atoms with Crippen molar-refractivity contribution in [1.82, 2.24) is 14.2 Å². The Morgan fingerprint density at radius 1 is 0.944 bits per heavy atom. The third-order valence-electron chi connectivity index (χ3n) is 6.15. The lowest BCUT2D eigenvalue weighted by atomic mass is 9.95. The maximum absolute atomic E-state index is 12.7. The molecule has 4 rings (SSSR count). The molecule has 2 aliphatic heterocycles. The Kier molecular flexibility index (Phi) is 10.3. The molecule has 36 heavy (non-hydrogen) atoms. The second-order valence-electron chi connectivity index (χ2n) is 8.97. The van der Waals surface area contributed by atoms with E-state index in [0.29, 0.717) is 30.3 Å². The summed E-state index contributed by atoms with van der Waals surface area (Å²) < 4.78 is 52.8. The van der Waals surface area contributed by atoms with E-state index in [1.807, 2.05) is 24.5 Å². The van der Waals surface area contributed by atoms with Crippen LogP contribution in [0.3, 0.4) is 0 Å². The molecule has 198 valence electrons. The molecular weight excluding hydrogens is 524 g/mol. The molecule has 0 unspecified atom stereocenters.